The summed E-state index contributed by atoms with van der Waals surface area (Å²) in [6, 6.07) is 4.50. The molecule has 1 heterocycles. The van der Waals surface area contributed by atoms with Crippen molar-refractivity contribution >= 4 is 11.3 Å². The van der Waals surface area contributed by atoms with E-state index < -0.39 is 5.60 Å². The SMILES string of the molecule is CC(C)CC(C)(O)CNC(C)c1cccs1. The lowest BCUT2D eigenvalue weighted by Crippen LogP contribution is -2.39. The highest BCUT2D eigenvalue weighted by Crippen LogP contribution is 2.20. The van der Waals surface area contributed by atoms with Crippen molar-refractivity contribution in [2.45, 2.75) is 45.8 Å². The second-order valence-electron chi connectivity index (χ2n) is 5.21. The Morgan fingerprint density at radius 1 is 1.44 bits per heavy atom. The molecule has 0 aromatic carbocycles. The molecule has 2 unspecified atom stereocenters. The van der Waals surface area contributed by atoms with Crippen molar-refractivity contribution in [1.82, 2.24) is 5.32 Å². The van der Waals surface area contributed by atoms with E-state index in [1.807, 2.05) is 6.92 Å². The lowest BCUT2D eigenvalue weighted by molar-refractivity contribution is 0.0364. The smallest absolute Gasteiger partial charge is 0.0746 e. The van der Waals surface area contributed by atoms with Crippen molar-refractivity contribution in [2.24, 2.45) is 5.92 Å². The van der Waals surface area contributed by atoms with Crippen molar-refractivity contribution in [3.05, 3.63) is 22.4 Å². The summed E-state index contributed by atoms with van der Waals surface area (Å²) in [6.07, 6.45) is 0.831. The van der Waals surface area contributed by atoms with Gasteiger partial charge in [0.1, 0.15) is 0 Å². The quantitative estimate of drug-likeness (QED) is 0.801. The normalized spacial score (nSPS) is 17.4. The second kappa shape index (κ2) is 5.80. The fourth-order valence-electron chi connectivity index (χ4n) is 1.96. The molecule has 2 N–H and O–H groups in total. The molecule has 16 heavy (non-hydrogen) atoms. The van der Waals surface area contributed by atoms with Crippen LogP contribution in [0.5, 0.6) is 0 Å². The van der Waals surface area contributed by atoms with Crippen LogP contribution < -0.4 is 5.32 Å². The third-order valence-electron chi connectivity index (χ3n) is 2.61. The van der Waals surface area contributed by atoms with Crippen LogP contribution in [0.1, 0.15) is 45.0 Å². The summed E-state index contributed by atoms with van der Waals surface area (Å²) >= 11 is 1.75. The molecule has 0 saturated carbocycles. The van der Waals surface area contributed by atoms with E-state index in [4.69, 9.17) is 0 Å². The first-order chi connectivity index (χ1) is 7.41. The Morgan fingerprint density at radius 2 is 2.12 bits per heavy atom. The summed E-state index contributed by atoms with van der Waals surface area (Å²) in [6.45, 7) is 8.96. The number of aliphatic hydroxyl groups is 1. The van der Waals surface area contributed by atoms with Gasteiger partial charge in [0.05, 0.1) is 5.60 Å². The molecule has 0 aliphatic carbocycles. The molecule has 2 nitrogen and oxygen atoms in total. The van der Waals surface area contributed by atoms with Crippen LogP contribution in [0.2, 0.25) is 0 Å². The zero-order valence-electron chi connectivity index (χ0n) is 10.7. The monoisotopic (exact) mass is 241 g/mol. The first-order valence-corrected chi connectivity index (χ1v) is 6.78. The van der Waals surface area contributed by atoms with Crippen LogP contribution in [0.15, 0.2) is 17.5 Å². The minimum atomic E-state index is -0.611. The van der Waals surface area contributed by atoms with Crippen molar-refractivity contribution in [1.29, 1.82) is 0 Å². The van der Waals surface area contributed by atoms with Crippen LogP contribution in [0.3, 0.4) is 0 Å². The van der Waals surface area contributed by atoms with Gasteiger partial charge in [-0.3, -0.25) is 0 Å². The maximum atomic E-state index is 10.2. The predicted molar refractivity (Wildman–Crippen MR) is 70.8 cm³/mol. The molecule has 1 aromatic heterocycles. The molecule has 0 radical (unpaired) electrons. The molecule has 0 spiro atoms. The van der Waals surface area contributed by atoms with E-state index in [2.05, 4.69) is 43.6 Å². The molecule has 0 fully saturated rings. The van der Waals surface area contributed by atoms with Gasteiger partial charge in [-0.15, -0.1) is 11.3 Å². The molecule has 92 valence electrons. The zero-order chi connectivity index (χ0) is 12.2. The van der Waals surface area contributed by atoms with Crippen LogP contribution >= 0.6 is 11.3 Å². The van der Waals surface area contributed by atoms with Crippen LogP contribution in [-0.2, 0) is 0 Å². The van der Waals surface area contributed by atoms with Gasteiger partial charge >= 0.3 is 0 Å². The van der Waals surface area contributed by atoms with Gasteiger partial charge < -0.3 is 10.4 Å². The molecule has 0 aliphatic heterocycles. The van der Waals surface area contributed by atoms with Crippen LogP contribution in [0.25, 0.3) is 0 Å². The number of thiophene rings is 1. The Balaban J connectivity index is 2.39. The van der Waals surface area contributed by atoms with Gasteiger partial charge in [0.15, 0.2) is 0 Å². The van der Waals surface area contributed by atoms with E-state index in [9.17, 15) is 5.11 Å². The molecule has 2 atom stereocenters. The lowest BCUT2D eigenvalue weighted by atomic mass is 9.94. The highest BCUT2D eigenvalue weighted by atomic mass is 32.1. The Labute approximate surface area is 103 Å². The topological polar surface area (TPSA) is 32.3 Å². The van der Waals surface area contributed by atoms with E-state index in [1.54, 1.807) is 11.3 Å². The third-order valence-corrected chi connectivity index (χ3v) is 3.66. The van der Waals surface area contributed by atoms with E-state index in [1.165, 1.54) is 4.88 Å². The molecule has 0 bridgehead atoms. The van der Waals surface area contributed by atoms with Gasteiger partial charge in [-0.05, 0) is 37.6 Å². The van der Waals surface area contributed by atoms with Gasteiger partial charge in [0.2, 0.25) is 0 Å². The molecular weight excluding hydrogens is 218 g/mol. The van der Waals surface area contributed by atoms with E-state index >= 15 is 0 Å². The van der Waals surface area contributed by atoms with Gasteiger partial charge in [-0.2, -0.15) is 0 Å². The maximum Gasteiger partial charge on any atom is 0.0746 e. The summed E-state index contributed by atoms with van der Waals surface area (Å²) < 4.78 is 0. The first kappa shape index (κ1) is 13.7. The summed E-state index contributed by atoms with van der Waals surface area (Å²) in [5, 5.41) is 15.6. The molecule has 0 amide bonds. The largest absolute Gasteiger partial charge is 0.389 e. The Kier molecular flexibility index (Phi) is 4.96. The summed E-state index contributed by atoms with van der Waals surface area (Å²) in [5.41, 5.74) is -0.611. The maximum absolute atomic E-state index is 10.2. The molecule has 1 rings (SSSR count). The van der Waals surface area contributed by atoms with Gasteiger partial charge in [0, 0.05) is 17.5 Å². The molecule has 0 saturated heterocycles. The standard InChI is InChI=1S/C13H23NOS/c1-10(2)8-13(4,15)9-14-11(3)12-6-5-7-16-12/h5-7,10-11,14-15H,8-9H2,1-4H3. The second-order valence-corrected chi connectivity index (χ2v) is 6.19. The fourth-order valence-corrected chi connectivity index (χ4v) is 2.72. The predicted octanol–water partition coefficient (Wildman–Crippen LogP) is 3.20. The molecule has 1 aromatic rings. The van der Waals surface area contributed by atoms with Crippen LogP contribution in [0.4, 0.5) is 0 Å². The zero-order valence-corrected chi connectivity index (χ0v) is 11.5. The van der Waals surface area contributed by atoms with Gasteiger partial charge in [-0.1, -0.05) is 19.9 Å². The van der Waals surface area contributed by atoms with E-state index in [-0.39, 0.29) is 0 Å². The highest BCUT2D eigenvalue weighted by Gasteiger charge is 2.22. The van der Waals surface area contributed by atoms with Crippen molar-refractivity contribution < 1.29 is 5.11 Å². The Hall–Kier alpha value is -0.380. The van der Waals surface area contributed by atoms with Gasteiger partial charge in [-0.25, -0.2) is 0 Å². The minimum absolute atomic E-state index is 0.318. The van der Waals surface area contributed by atoms with Crippen LogP contribution in [-0.4, -0.2) is 17.3 Å². The minimum Gasteiger partial charge on any atom is -0.389 e. The lowest BCUT2D eigenvalue weighted by Gasteiger charge is -2.27. The highest BCUT2D eigenvalue weighted by molar-refractivity contribution is 7.10. The fraction of sp³-hybridized carbons (Fsp3) is 0.692. The van der Waals surface area contributed by atoms with E-state index in [0.717, 1.165) is 6.42 Å². The van der Waals surface area contributed by atoms with Crippen molar-refractivity contribution in [3.63, 3.8) is 0 Å². The van der Waals surface area contributed by atoms with Crippen molar-refractivity contribution in [2.75, 3.05) is 6.54 Å². The Bertz CT molecular complexity index is 293. The number of nitrogens with one attached hydrogen (secondary N) is 1. The first-order valence-electron chi connectivity index (χ1n) is 5.90. The number of hydrogen-bond donors (Lipinski definition) is 2. The summed E-state index contributed by atoms with van der Waals surface area (Å²) in [5.74, 6) is 0.522. The Morgan fingerprint density at radius 3 is 2.62 bits per heavy atom. The number of rotatable bonds is 6. The van der Waals surface area contributed by atoms with E-state index in [0.29, 0.717) is 18.5 Å². The van der Waals surface area contributed by atoms with Gasteiger partial charge in [0.25, 0.3) is 0 Å². The average Bonchev–Trinajstić information content (AvgIpc) is 2.64. The molecule has 0 aliphatic rings. The molecular formula is C13H23NOS. The third kappa shape index (κ3) is 4.64. The number of hydrogen-bond acceptors (Lipinski definition) is 3. The summed E-state index contributed by atoms with van der Waals surface area (Å²) in [4.78, 5) is 1.32. The summed E-state index contributed by atoms with van der Waals surface area (Å²) in [7, 11) is 0. The average molecular weight is 241 g/mol. The molecule has 3 heteroatoms. The van der Waals surface area contributed by atoms with Crippen molar-refractivity contribution in [3.8, 4) is 0 Å². The van der Waals surface area contributed by atoms with Crippen LogP contribution in [0, 0.1) is 5.92 Å².